The van der Waals surface area contributed by atoms with E-state index in [-0.39, 0.29) is 37.7 Å². The summed E-state index contributed by atoms with van der Waals surface area (Å²) < 4.78 is 90.7. The number of allylic oxidation sites excluding steroid dienone is 1. The van der Waals surface area contributed by atoms with Crippen LogP contribution in [0.1, 0.15) is 89.2 Å². The van der Waals surface area contributed by atoms with Crippen molar-refractivity contribution < 1.29 is 51.2 Å². The number of hydrogen-bond donors (Lipinski definition) is 3. The van der Waals surface area contributed by atoms with Crippen LogP contribution in [0.4, 0.5) is 32.4 Å². The van der Waals surface area contributed by atoms with Crippen molar-refractivity contribution >= 4 is 11.8 Å². The van der Waals surface area contributed by atoms with Gasteiger partial charge in [-0.2, -0.15) is 22.0 Å². The smallest absolute Gasteiger partial charge is 0.444 e. The van der Waals surface area contributed by atoms with Gasteiger partial charge in [0.1, 0.15) is 12.2 Å². The van der Waals surface area contributed by atoms with Crippen molar-refractivity contribution in [3.8, 4) is 0 Å². The van der Waals surface area contributed by atoms with E-state index in [1.165, 1.54) is 6.92 Å². The van der Waals surface area contributed by atoms with Crippen LogP contribution in [0.2, 0.25) is 0 Å². The van der Waals surface area contributed by atoms with E-state index < -0.39 is 64.8 Å². The second-order valence-corrected chi connectivity index (χ2v) is 16.5. The monoisotopic (exact) mass is 719 g/mol. The summed E-state index contributed by atoms with van der Waals surface area (Å²) in [5, 5.41) is 26.6. The average molecular weight is 720 g/mol. The fourth-order valence-electron chi connectivity index (χ4n) is 9.98. The first-order valence-corrected chi connectivity index (χ1v) is 17.8. The Morgan fingerprint density at radius 2 is 1.59 bits per heavy atom. The summed E-state index contributed by atoms with van der Waals surface area (Å²) in [6.07, 6.45) is -5.66. The Balaban J connectivity index is 1.23. The lowest BCUT2D eigenvalue weighted by Gasteiger charge is -2.59. The zero-order valence-corrected chi connectivity index (χ0v) is 29.1. The first kappa shape index (κ1) is 36.3. The van der Waals surface area contributed by atoms with E-state index in [9.17, 15) is 28.2 Å². The molecule has 3 N–H and O–H groups in total. The molecule has 1 amide bonds. The summed E-state index contributed by atoms with van der Waals surface area (Å²) in [6.45, 7) is 6.36. The molecule has 1 spiro atoms. The quantitative estimate of drug-likeness (QED) is 0.212. The van der Waals surface area contributed by atoms with Gasteiger partial charge in [-0.3, -0.25) is 5.32 Å². The van der Waals surface area contributed by atoms with Crippen LogP contribution in [-0.4, -0.2) is 58.6 Å². The van der Waals surface area contributed by atoms with Gasteiger partial charge in [-0.15, -0.1) is 0 Å². The van der Waals surface area contributed by atoms with Crippen LogP contribution in [0.3, 0.4) is 0 Å². The molecule has 1 saturated heterocycles. The molecule has 7 nitrogen and oxygen atoms in total. The minimum atomic E-state index is -5.93. The van der Waals surface area contributed by atoms with Gasteiger partial charge in [0.05, 0.1) is 18.8 Å². The van der Waals surface area contributed by atoms with E-state index in [1.54, 1.807) is 48.5 Å². The van der Waals surface area contributed by atoms with Crippen LogP contribution in [0.25, 0.3) is 0 Å². The van der Waals surface area contributed by atoms with Crippen molar-refractivity contribution in [1.82, 2.24) is 0 Å². The molecule has 51 heavy (non-hydrogen) atoms. The number of benzene rings is 2. The maximum atomic E-state index is 15.4. The molecular formula is C39H46F5NO6. The summed E-state index contributed by atoms with van der Waals surface area (Å²) in [5.41, 5.74) is -3.02. The van der Waals surface area contributed by atoms with E-state index >= 15 is 8.78 Å². The Kier molecular flexibility index (Phi) is 8.72. The fraction of sp³-hybridized carbons (Fsp3) is 0.615. The van der Waals surface area contributed by atoms with Gasteiger partial charge < -0.3 is 24.4 Å². The van der Waals surface area contributed by atoms with Crippen LogP contribution in [-0.2, 0) is 20.8 Å². The zero-order valence-electron chi connectivity index (χ0n) is 29.1. The Morgan fingerprint density at radius 1 is 0.922 bits per heavy atom. The van der Waals surface area contributed by atoms with Gasteiger partial charge in [-0.05, 0) is 79.2 Å². The number of rotatable bonds is 5. The minimum absolute atomic E-state index is 0.0117. The van der Waals surface area contributed by atoms with Gasteiger partial charge in [0.2, 0.25) is 0 Å². The topological polar surface area (TPSA) is 97.3 Å². The molecule has 0 unspecified atom stereocenters. The number of ether oxygens (including phenoxy) is 3. The van der Waals surface area contributed by atoms with Gasteiger partial charge in [0.25, 0.3) is 0 Å². The molecule has 1 aliphatic heterocycles. The Labute approximate surface area is 294 Å². The van der Waals surface area contributed by atoms with Gasteiger partial charge in [-0.1, -0.05) is 68.8 Å². The van der Waals surface area contributed by atoms with Crippen molar-refractivity contribution in [3.63, 3.8) is 0 Å². The number of hydrogen-bond acceptors (Lipinski definition) is 6. The van der Waals surface area contributed by atoms with Gasteiger partial charge in [0, 0.05) is 35.3 Å². The Hall–Kier alpha value is -3.06. The summed E-state index contributed by atoms with van der Waals surface area (Å²) in [5.74, 6) is -7.99. The number of para-hydroxylation sites is 1. The summed E-state index contributed by atoms with van der Waals surface area (Å²) in [4.78, 5) is 12.4. The summed E-state index contributed by atoms with van der Waals surface area (Å²) in [6, 6.07) is 15.8. The normalized spacial score (nSPS) is 34.4. The number of anilines is 1. The molecular weight excluding hydrogens is 673 g/mol. The molecule has 2 aromatic carbocycles. The van der Waals surface area contributed by atoms with Crippen LogP contribution < -0.4 is 5.32 Å². The lowest BCUT2D eigenvalue weighted by Crippen LogP contribution is -2.65. The number of alkyl halides is 5. The maximum absolute atomic E-state index is 15.4. The van der Waals surface area contributed by atoms with Crippen molar-refractivity contribution in [3.05, 3.63) is 76.9 Å². The molecule has 278 valence electrons. The van der Waals surface area contributed by atoms with Crippen LogP contribution in [0.15, 0.2) is 65.7 Å². The third kappa shape index (κ3) is 5.98. The van der Waals surface area contributed by atoms with Crippen molar-refractivity contribution in [2.75, 3.05) is 18.5 Å². The molecule has 7 rings (SSSR count). The lowest BCUT2D eigenvalue weighted by atomic mass is 9.49. The van der Waals surface area contributed by atoms with E-state index in [0.29, 0.717) is 49.3 Å². The van der Waals surface area contributed by atoms with E-state index in [1.807, 2.05) is 19.9 Å². The number of carbonyl (C=O) groups excluding carboxylic acids is 1. The highest BCUT2D eigenvalue weighted by Gasteiger charge is 2.79. The predicted octanol–water partition coefficient (Wildman–Crippen LogP) is 8.66. The molecule has 12 heteroatoms. The highest BCUT2D eigenvalue weighted by atomic mass is 19.4. The molecule has 0 aromatic heterocycles. The second kappa shape index (κ2) is 12.2. The highest BCUT2D eigenvalue weighted by molar-refractivity contribution is 5.84. The van der Waals surface area contributed by atoms with Crippen molar-refractivity contribution in [2.24, 2.45) is 22.7 Å². The fourth-order valence-corrected chi connectivity index (χ4v) is 9.98. The SMILES string of the molecule is CC1(C)COC2(CCC3=C4[C@@H](CC[C@@]3(O)C2)[C@@H]2CC[C@@](O)(C(F)(F)C(F)(F)F)[C@@]2(C)C[C@@H]4c2ccc(COC(=O)Nc3ccccc3)cc2)OC1. The third-order valence-electron chi connectivity index (χ3n) is 12.7. The highest BCUT2D eigenvalue weighted by Crippen LogP contribution is 2.71. The first-order valence-electron chi connectivity index (χ1n) is 17.8. The maximum Gasteiger partial charge on any atom is 0.456 e. The molecule has 1 heterocycles. The second-order valence-electron chi connectivity index (χ2n) is 16.5. The Bertz CT molecular complexity index is 1670. The number of halogens is 5. The number of aliphatic hydroxyl groups is 2. The van der Waals surface area contributed by atoms with Gasteiger partial charge in [0.15, 0.2) is 5.79 Å². The van der Waals surface area contributed by atoms with E-state index in [4.69, 9.17) is 14.2 Å². The number of nitrogens with one attached hydrogen (secondary N) is 1. The van der Waals surface area contributed by atoms with Crippen LogP contribution in [0, 0.1) is 22.7 Å². The number of fused-ring (bicyclic) bond motifs is 4. The minimum Gasteiger partial charge on any atom is -0.444 e. The molecule has 0 radical (unpaired) electrons. The van der Waals surface area contributed by atoms with Gasteiger partial charge in [-0.25, -0.2) is 4.79 Å². The molecule has 5 aliphatic rings. The summed E-state index contributed by atoms with van der Waals surface area (Å²) >= 11 is 0. The van der Waals surface area contributed by atoms with Crippen molar-refractivity contribution in [1.29, 1.82) is 0 Å². The summed E-state index contributed by atoms with van der Waals surface area (Å²) in [7, 11) is 0. The molecule has 4 fully saturated rings. The largest absolute Gasteiger partial charge is 0.456 e. The first-order chi connectivity index (χ1) is 23.8. The third-order valence-corrected chi connectivity index (χ3v) is 12.7. The molecule has 3 saturated carbocycles. The Morgan fingerprint density at radius 3 is 2.24 bits per heavy atom. The zero-order chi connectivity index (χ0) is 36.7. The van der Waals surface area contributed by atoms with E-state index in [2.05, 4.69) is 5.32 Å². The lowest BCUT2D eigenvalue weighted by molar-refractivity contribution is -0.362. The standard InChI is InChI=1S/C39H46F5NO6/c1-33(2)22-50-36(51-23-33)17-14-30-31-27(13-16-35(30,47)21-36)29-15-18-37(48,38(40,41)39(42,43)44)34(29,3)19-28(31)25-11-9-24(10-12-25)20-49-32(46)45-26-7-5-4-6-8-26/h4-12,27-29,47-48H,13-23H2,1-3H3,(H,45,46)/t27-,28+,29-,34-,35+,37-/m0/s1. The van der Waals surface area contributed by atoms with Crippen molar-refractivity contribution in [2.45, 2.75) is 114 Å². The molecule has 2 aromatic rings. The van der Waals surface area contributed by atoms with Crippen LogP contribution in [0.5, 0.6) is 0 Å². The molecule has 0 bridgehead atoms. The predicted molar refractivity (Wildman–Crippen MR) is 178 cm³/mol. The van der Waals surface area contributed by atoms with Crippen LogP contribution >= 0.6 is 0 Å². The number of carbonyl (C=O) groups is 1. The number of amides is 1. The van der Waals surface area contributed by atoms with E-state index in [0.717, 1.165) is 11.1 Å². The average Bonchev–Trinajstić information content (AvgIpc) is 3.36. The molecule has 4 aliphatic carbocycles. The van der Waals surface area contributed by atoms with Gasteiger partial charge >= 0.3 is 18.2 Å². The molecule has 6 atom stereocenters.